The molecule has 0 radical (unpaired) electrons. The smallest absolute Gasteiger partial charge is 0.0750 e. The van der Waals surface area contributed by atoms with Crippen LogP contribution in [0.25, 0.3) is 20.9 Å². The predicted molar refractivity (Wildman–Crippen MR) is 86.1 cm³/mol. The summed E-state index contributed by atoms with van der Waals surface area (Å²) >= 11 is 0. The monoisotopic (exact) mass is 292 g/mol. The first kappa shape index (κ1) is 15.4. The normalized spacial score (nSPS) is 12.6. The molecule has 6 nitrogen and oxygen atoms in total. The van der Waals surface area contributed by atoms with Crippen molar-refractivity contribution in [1.29, 1.82) is 0 Å². The van der Waals surface area contributed by atoms with Crippen LogP contribution in [-0.2, 0) is 0 Å². The van der Waals surface area contributed by atoms with Gasteiger partial charge >= 0.3 is 0 Å². The zero-order chi connectivity index (χ0) is 15.9. The fourth-order valence-corrected chi connectivity index (χ4v) is 2.44. The SMILES string of the molecule is Cc1cccc([C@@H](N=[N+]=[N-])[C@H](N=[N+]=[N-])c2cccc(C)c2)c1. The van der Waals surface area contributed by atoms with E-state index in [2.05, 4.69) is 20.1 Å². The number of rotatable bonds is 5. The molecule has 2 aromatic rings. The molecule has 0 fully saturated rings. The van der Waals surface area contributed by atoms with Gasteiger partial charge in [0.1, 0.15) is 0 Å². The van der Waals surface area contributed by atoms with Crippen LogP contribution in [0.1, 0.15) is 34.3 Å². The van der Waals surface area contributed by atoms with Crippen LogP contribution >= 0.6 is 0 Å². The predicted octanol–water partition coefficient (Wildman–Crippen LogP) is 5.71. The molecule has 0 aliphatic carbocycles. The van der Waals surface area contributed by atoms with E-state index in [-0.39, 0.29) is 0 Å². The Morgan fingerprint density at radius 2 is 1.18 bits per heavy atom. The molecule has 22 heavy (non-hydrogen) atoms. The molecule has 0 unspecified atom stereocenters. The summed E-state index contributed by atoms with van der Waals surface area (Å²) < 4.78 is 0. The van der Waals surface area contributed by atoms with E-state index in [1.54, 1.807) is 0 Å². The second-order valence-corrected chi connectivity index (χ2v) is 5.13. The molecular formula is C16H16N6. The van der Waals surface area contributed by atoms with Crippen molar-refractivity contribution in [2.75, 3.05) is 0 Å². The molecule has 0 N–H and O–H groups in total. The van der Waals surface area contributed by atoms with E-state index in [0.717, 1.165) is 22.3 Å². The van der Waals surface area contributed by atoms with Crippen LogP contribution in [-0.4, -0.2) is 0 Å². The third-order valence-corrected chi connectivity index (χ3v) is 3.42. The lowest BCUT2D eigenvalue weighted by Crippen LogP contribution is -2.07. The van der Waals surface area contributed by atoms with Gasteiger partial charge in [0.05, 0.1) is 12.1 Å². The van der Waals surface area contributed by atoms with E-state index < -0.39 is 12.1 Å². The fraction of sp³-hybridized carbons (Fsp3) is 0.250. The maximum atomic E-state index is 8.91. The zero-order valence-corrected chi connectivity index (χ0v) is 12.5. The lowest BCUT2D eigenvalue weighted by molar-refractivity contribution is 0.568. The van der Waals surface area contributed by atoms with Crippen molar-refractivity contribution >= 4 is 0 Å². The molecule has 0 heterocycles. The van der Waals surface area contributed by atoms with Gasteiger partial charge in [0.25, 0.3) is 0 Å². The molecule has 110 valence electrons. The summed E-state index contributed by atoms with van der Waals surface area (Å²) in [5, 5.41) is 7.75. The molecule has 2 aromatic carbocycles. The summed E-state index contributed by atoms with van der Waals surface area (Å²) in [6, 6.07) is 14.2. The number of hydrogen-bond acceptors (Lipinski definition) is 2. The van der Waals surface area contributed by atoms with Gasteiger partial charge in [-0.2, -0.15) is 0 Å². The molecular weight excluding hydrogens is 276 g/mol. The van der Waals surface area contributed by atoms with Crippen molar-refractivity contribution in [3.05, 3.63) is 91.7 Å². The van der Waals surface area contributed by atoms with Gasteiger partial charge in [0.2, 0.25) is 0 Å². The molecule has 2 rings (SSSR count). The minimum Gasteiger partial charge on any atom is -0.0851 e. The van der Waals surface area contributed by atoms with E-state index in [9.17, 15) is 0 Å². The van der Waals surface area contributed by atoms with Gasteiger partial charge in [0.15, 0.2) is 0 Å². The maximum absolute atomic E-state index is 8.91. The Kier molecular flexibility index (Phi) is 5.04. The number of nitrogens with zero attached hydrogens (tertiary/aromatic N) is 6. The minimum absolute atomic E-state index is 0.581. The van der Waals surface area contributed by atoms with E-state index in [4.69, 9.17) is 11.1 Å². The second-order valence-electron chi connectivity index (χ2n) is 5.13. The Morgan fingerprint density at radius 3 is 1.50 bits per heavy atom. The Balaban J connectivity index is 2.55. The van der Waals surface area contributed by atoms with Gasteiger partial charge in [-0.3, -0.25) is 0 Å². The Morgan fingerprint density at radius 1 is 0.773 bits per heavy atom. The van der Waals surface area contributed by atoms with E-state index in [1.807, 2.05) is 62.4 Å². The number of aryl methyl sites for hydroxylation is 2. The molecule has 0 spiro atoms. The van der Waals surface area contributed by atoms with Crippen molar-refractivity contribution in [2.24, 2.45) is 10.2 Å². The first-order chi connectivity index (χ1) is 10.7. The highest BCUT2D eigenvalue weighted by Crippen LogP contribution is 2.36. The van der Waals surface area contributed by atoms with Gasteiger partial charge < -0.3 is 0 Å². The lowest BCUT2D eigenvalue weighted by Gasteiger charge is -2.20. The van der Waals surface area contributed by atoms with Crippen LogP contribution in [0.2, 0.25) is 0 Å². The largest absolute Gasteiger partial charge is 0.0851 e. The van der Waals surface area contributed by atoms with Gasteiger partial charge in [-0.25, -0.2) is 0 Å². The molecule has 0 bridgehead atoms. The highest BCUT2D eigenvalue weighted by Gasteiger charge is 2.23. The Bertz CT molecular complexity index is 691. The van der Waals surface area contributed by atoms with Crippen molar-refractivity contribution < 1.29 is 0 Å². The van der Waals surface area contributed by atoms with Crippen molar-refractivity contribution in [3.63, 3.8) is 0 Å². The molecule has 0 saturated carbocycles. The second kappa shape index (κ2) is 7.18. The first-order valence-electron chi connectivity index (χ1n) is 6.87. The number of hydrogen-bond donors (Lipinski definition) is 0. The third-order valence-electron chi connectivity index (χ3n) is 3.42. The number of azide groups is 2. The van der Waals surface area contributed by atoms with Gasteiger partial charge in [-0.05, 0) is 36.0 Å². The van der Waals surface area contributed by atoms with Crippen molar-refractivity contribution in [1.82, 2.24) is 0 Å². The maximum Gasteiger partial charge on any atom is 0.0750 e. The first-order valence-corrected chi connectivity index (χ1v) is 6.87. The highest BCUT2D eigenvalue weighted by molar-refractivity contribution is 5.32. The summed E-state index contributed by atoms with van der Waals surface area (Å²) in [6.07, 6.45) is 0. The zero-order valence-electron chi connectivity index (χ0n) is 12.5. The summed E-state index contributed by atoms with van der Waals surface area (Å²) in [7, 11) is 0. The molecule has 6 heteroatoms. The molecule has 0 aliphatic heterocycles. The lowest BCUT2D eigenvalue weighted by atomic mass is 9.93. The van der Waals surface area contributed by atoms with Gasteiger partial charge in [-0.15, -0.1) is 0 Å². The quantitative estimate of drug-likeness (QED) is 0.383. The molecule has 0 amide bonds. The van der Waals surface area contributed by atoms with Crippen LogP contribution in [0.3, 0.4) is 0 Å². The van der Waals surface area contributed by atoms with Crippen molar-refractivity contribution in [3.8, 4) is 0 Å². The van der Waals surface area contributed by atoms with E-state index in [1.165, 1.54) is 0 Å². The minimum atomic E-state index is -0.581. The average molecular weight is 292 g/mol. The summed E-state index contributed by atoms with van der Waals surface area (Å²) in [5.74, 6) is 0. The molecule has 0 aromatic heterocycles. The fourth-order valence-electron chi connectivity index (χ4n) is 2.44. The van der Waals surface area contributed by atoms with Crippen LogP contribution < -0.4 is 0 Å². The molecule has 2 atom stereocenters. The van der Waals surface area contributed by atoms with Crippen LogP contribution in [0.15, 0.2) is 58.8 Å². The van der Waals surface area contributed by atoms with Gasteiger partial charge in [-0.1, -0.05) is 69.9 Å². The van der Waals surface area contributed by atoms with Crippen LogP contribution in [0.4, 0.5) is 0 Å². The third kappa shape index (κ3) is 3.58. The standard InChI is InChI=1S/C16H16N6/c1-11-5-3-7-13(9-11)15(19-21-17)16(20-22-18)14-8-4-6-12(2)10-14/h3-10,15-16H,1-2H3/t15-,16-/m1/s1. The van der Waals surface area contributed by atoms with Gasteiger partial charge in [0, 0.05) is 9.82 Å². The summed E-state index contributed by atoms with van der Waals surface area (Å²) in [4.78, 5) is 5.87. The summed E-state index contributed by atoms with van der Waals surface area (Å²) in [6.45, 7) is 3.93. The molecule has 0 aliphatic rings. The summed E-state index contributed by atoms with van der Waals surface area (Å²) in [5.41, 5.74) is 21.6. The number of benzene rings is 2. The topological polar surface area (TPSA) is 97.5 Å². The van der Waals surface area contributed by atoms with E-state index in [0.29, 0.717) is 0 Å². The average Bonchev–Trinajstić information content (AvgIpc) is 2.51. The molecule has 0 saturated heterocycles. The van der Waals surface area contributed by atoms with Crippen molar-refractivity contribution in [2.45, 2.75) is 25.9 Å². The Labute approximate surface area is 128 Å². The van der Waals surface area contributed by atoms with E-state index >= 15 is 0 Å². The van der Waals surface area contributed by atoms with Crippen LogP contribution in [0.5, 0.6) is 0 Å². The van der Waals surface area contributed by atoms with Crippen LogP contribution in [0, 0.1) is 13.8 Å². The Hall–Kier alpha value is -2.94. The highest BCUT2D eigenvalue weighted by atomic mass is 15.2.